The molecule has 5 nitrogen and oxygen atoms in total. The van der Waals surface area contributed by atoms with Crippen LogP contribution in [0.3, 0.4) is 0 Å². The third kappa shape index (κ3) is 3.42. The zero-order chi connectivity index (χ0) is 14.0. The van der Waals surface area contributed by atoms with Gasteiger partial charge in [-0.15, -0.1) is 0 Å². The Kier molecular flexibility index (Phi) is 4.75. The van der Waals surface area contributed by atoms with E-state index in [0.29, 0.717) is 9.72 Å². The van der Waals surface area contributed by atoms with Crippen molar-refractivity contribution in [3.05, 3.63) is 16.7 Å². The second kappa shape index (κ2) is 5.99. The number of anilines is 1. The fourth-order valence-corrected chi connectivity index (χ4v) is 5.17. The summed E-state index contributed by atoms with van der Waals surface area (Å²) < 4.78 is 28.1. The van der Waals surface area contributed by atoms with Crippen LogP contribution in [0.1, 0.15) is 19.3 Å². The van der Waals surface area contributed by atoms with Gasteiger partial charge in [-0.2, -0.15) is 11.8 Å². The summed E-state index contributed by atoms with van der Waals surface area (Å²) in [4.78, 5) is 3.90. The van der Waals surface area contributed by atoms with Gasteiger partial charge in [0.2, 0.25) is 10.0 Å². The van der Waals surface area contributed by atoms with Crippen LogP contribution in [0.2, 0.25) is 0 Å². The molecule has 2 atom stereocenters. The van der Waals surface area contributed by atoms with Crippen LogP contribution < -0.4 is 10.5 Å². The summed E-state index contributed by atoms with van der Waals surface area (Å²) in [5, 5.41) is 0.330. The van der Waals surface area contributed by atoms with Crippen LogP contribution in [-0.4, -0.2) is 30.9 Å². The quantitative estimate of drug-likeness (QED) is 0.851. The van der Waals surface area contributed by atoms with E-state index >= 15 is 0 Å². The topological polar surface area (TPSA) is 85.1 Å². The maximum absolute atomic E-state index is 12.4. The van der Waals surface area contributed by atoms with Gasteiger partial charge in [0.1, 0.15) is 10.7 Å². The van der Waals surface area contributed by atoms with Gasteiger partial charge in [-0.05, 0) is 41.1 Å². The molecule has 0 radical (unpaired) electrons. The van der Waals surface area contributed by atoms with Crippen LogP contribution >= 0.6 is 27.7 Å². The molecule has 0 saturated heterocycles. The number of sulfonamides is 1. The number of aromatic nitrogens is 1. The van der Waals surface area contributed by atoms with Gasteiger partial charge in [-0.3, -0.25) is 0 Å². The fourth-order valence-electron chi connectivity index (χ4n) is 2.25. The molecule has 1 aliphatic rings. The van der Waals surface area contributed by atoms with Crippen molar-refractivity contribution in [1.29, 1.82) is 0 Å². The van der Waals surface area contributed by atoms with Crippen LogP contribution in [-0.2, 0) is 10.0 Å². The lowest BCUT2D eigenvalue weighted by atomic mass is 10.3. The summed E-state index contributed by atoms with van der Waals surface area (Å²) in [5.74, 6) is 0.0226. The number of nitrogen functional groups attached to an aromatic ring is 1. The molecule has 0 bridgehead atoms. The van der Waals surface area contributed by atoms with Crippen molar-refractivity contribution in [2.45, 2.75) is 35.4 Å². The minimum atomic E-state index is -3.62. The summed E-state index contributed by atoms with van der Waals surface area (Å²) in [6.45, 7) is 0. The Hall–Kier alpha value is -0.310. The lowest BCUT2D eigenvalue weighted by molar-refractivity contribution is 0.555. The molecule has 0 aromatic carbocycles. The first-order chi connectivity index (χ1) is 8.94. The van der Waals surface area contributed by atoms with E-state index in [-0.39, 0.29) is 16.8 Å². The van der Waals surface area contributed by atoms with E-state index in [2.05, 4.69) is 25.6 Å². The fraction of sp³-hybridized carbons (Fsp3) is 0.545. The monoisotopic (exact) mass is 365 g/mol. The van der Waals surface area contributed by atoms with Crippen molar-refractivity contribution >= 4 is 43.5 Å². The number of nitrogens with one attached hydrogen (secondary N) is 1. The molecule has 0 amide bonds. The van der Waals surface area contributed by atoms with Crippen molar-refractivity contribution in [2.75, 3.05) is 12.0 Å². The Balaban J connectivity index is 2.25. The van der Waals surface area contributed by atoms with E-state index < -0.39 is 10.0 Å². The molecule has 1 saturated carbocycles. The van der Waals surface area contributed by atoms with Gasteiger partial charge in [0.15, 0.2) is 0 Å². The first-order valence-corrected chi connectivity index (χ1v) is 9.46. The molecule has 1 aliphatic carbocycles. The number of hydrogen-bond acceptors (Lipinski definition) is 5. The van der Waals surface area contributed by atoms with E-state index in [9.17, 15) is 8.42 Å². The van der Waals surface area contributed by atoms with Crippen molar-refractivity contribution in [3.8, 4) is 0 Å². The number of thioether (sulfide) groups is 1. The lowest BCUT2D eigenvalue weighted by Gasteiger charge is -2.19. The second-order valence-corrected chi connectivity index (χ2v) is 8.14. The third-order valence-corrected chi connectivity index (χ3v) is 6.32. The Labute approximate surface area is 125 Å². The van der Waals surface area contributed by atoms with E-state index in [0.717, 1.165) is 19.3 Å². The number of halogens is 1. The minimum Gasteiger partial charge on any atom is -0.383 e. The number of nitrogens with two attached hydrogens (primary N) is 1. The molecule has 8 heteroatoms. The Bertz CT molecular complexity index is 565. The average molecular weight is 366 g/mol. The highest BCUT2D eigenvalue weighted by molar-refractivity contribution is 9.10. The standard InChI is InChI=1S/C11H16BrN3O2S2/c1-18-9-4-2-3-8(9)15-19(16,17)10-5-7(12)6-14-11(10)13/h5-6,8-9,15H,2-4H2,1H3,(H2,13,14). The first-order valence-electron chi connectivity index (χ1n) is 5.90. The van der Waals surface area contributed by atoms with Gasteiger partial charge in [0, 0.05) is 22.0 Å². The molecule has 2 unspecified atom stereocenters. The highest BCUT2D eigenvalue weighted by Gasteiger charge is 2.31. The van der Waals surface area contributed by atoms with Gasteiger partial charge in [-0.1, -0.05) is 6.42 Å². The van der Waals surface area contributed by atoms with Crippen molar-refractivity contribution in [1.82, 2.24) is 9.71 Å². The predicted octanol–water partition coefficient (Wildman–Crippen LogP) is 1.99. The number of hydrogen-bond donors (Lipinski definition) is 2. The largest absolute Gasteiger partial charge is 0.383 e. The third-order valence-electron chi connectivity index (χ3n) is 3.20. The molecule has 1 fully saturated rings. The van der Waals surface area contributed by atoms with Gasteiger partial charge in [0.05, 0.1) is 0 Å². The number of rotatable bonds is 4. The van der Waals surface area contributed by atoms with Gasteiger partial charge in [-0.25, -0.2) is 18.1 Å². The van der Waals surface area contributed by atoms with Gasteiger partial charge in [0.25, 0.3) is 0 Å². The minimum absolute atomic E-state index is 0.0226. The lowest BCUT2D eigenvalue weighted by Crippen LogP contribution is -2.38. The number of nitrogens with zero attached hydrogens (tertiary/aromatic N) is 1. The molecule has 19 heavy (non-hydrogen) atoms. The van der Waals surface area contributed by atoms with E-state index in [1.54, 1.807) is 11.8 Å². The van der Waals surface area contributed by atoms with E-state index in [4.69, 9.17) is 5.73 Å². The maximum atomic E-state index is 12.4. The number of pyridine rings is 1. The van der Waals surface area contributed by atoms with Crippen LogP contribution in [0.5, 0.6) is 0 Å². The van der Waals surface area contributed by atoms with Gasteiger partial charge < -0.3 is 5.73 Å². The first kappa shape index (κ1) is 15.1. The zero-order valence-electron chi connectivity index (χ0n) is 10.5. The van der Waals surface area contributed by atoms with Crippen molar-refractivity contribution in [3.63, 3.8) is 0 Å². The SMILES string of the molecule is CSC1CCCC1NS(=O)(=O)c1cc(Br)cnc1N. The summed E-state index contributed by atoms with van der Waals surface area (Å²) >= 11 is 4.91. The second-order valence-electron chi connectivity index (χ2n) is 4.47. The van der Waals surface area contributed by atoms with Crippen LogP contribution in [0.25, 0.3) is 0 Å². The van der Waals surface area contributed by atoms with Crippen LogP contribution in [0.15, 0.2) is 21.6 Å². The molecule has 0 aliphatic heterocycles. The summed E-state index contributed by atoms with van der Waals surface area (Å²) in [7, 11) is -3.62. The molecule has 1 aromatic heterocycles. The zero-order valence-corrected chi connectivity index (χ0v) is 13.7. The Morgan fingerprint density at radius 3 is 2.95 bits per heavy atom. The van der Waals surface area contributed by atoms with Crippen molar-refractivity contribution < 1.29 is 8.42 Å². The summed E-state index contributed by atoms with van der Waals surface area (Å²) in [5.41, 5.74) is 5.66. The molecular weight excluding hydrogens is 350 g/mol. The molecule has 2 rings (SSSR count). The van der Waals surface area contributed by atoms with Crippen LogP contribution in [0, 0.1) is 0 Å². The molecule has 106 valence electrons. The summed E-state index contributed by atoms with van der Waals surface area (Å²) in [6.07, 6.45) is 6.44. The molecular formula is C11H16BrN3O2S2. The normalized spacial score (nSPS) is 23.7. The Morgan fingerprint density at radius 1 is 1.53 bits per heavy atom. The molecule has 0 spiro atoms. The predicted molar refractivity (Wildman–Crippen MR) is 81.6 cm³/mol. The van der Waals surface area contributed by atoms with Crippen molar-refractivity contribution in [2.24, 2.45) is 0 Å². The highest BCUT2D eigenvalue weighted by Crippen LogP contribution is 2.30. The summed E-state index contributed by atoms with van der Waals surface area (Å²) in [6, 6.07) is 1.45. The molecule has 1 heterocycles. The smallest absolute Gasteiger partial charge is 0.244 e. The maximum Gasteiger partial charge on any atom is 0.244 e. The van der Waals surface area contributed by atoms with E-state index in [1.165, 1.54) is 12.3 Å². The molecule has 3 N–H and O–H groups in total. The Morgan fingerprint density at radius 2 is 2.26 bits per heavy atom. The van der Waals surface area contributed by atoms with Crippen LogP contribution in [0.4, 0.5) is 5.82 Å². The molecule has 1 aromatic rings. The van der Waals surface area contributed by atoms with E-state index in [1.807, 2.05) is 6.26 Å². The van der Waals surface area contributed by atoms with Gasteiger partial charge >= 0.3 is 0 Å². The highest BCUT2D eigenvalue weighted by atomic mass is 79.9. The average Bonchev–Trinajstić information content (AvgIpc) is 2.78.